The smallest absolute Gasteiger partial charge is 0.222 e. The Morgan fingerprint density at radius 1 is 1.21 bits per heavy atom. The Morgan fingerprint density at radius 3 is 2.79 bits per heavy atom. The maximum absolute atomic E-state index is 9.96. The van der Waals surface area contributed by atoms with Gasteiger partial charge in [0.1, 0.15) is 17.3 Å². The van der Waals surface area contributed by atoms with Gasteiger partial charge in [-0.2, -0.15) is 4.98 Å². The van der Waals surface area contributed by atoms with E-state index in [0.717, 1.165) is 48.6 Å². The van der Waals surface area contributed by atoms with Crippen molar-refractivity contribution in [1.82, 2.24) is 9.97 Å². The molecule has 1 aromatic heterocycles. The first-order valence-corrected chi connectivity index (χ1v) is 8.33. The van der Waals surface area contributed by atoms with Gasteiger partial charge in [0, 0.05) is 23.9 Å². The van der Waals surface area contributed by atoms with Gasteiger partial charge in [0.2, 0.25) is 5.95 Å². The Balaban J connectivity index is 2.06. The highest BCUT2D eigenvalue weighted by Gasteiger charge is 2.27. The van der Waals surface area contributed by atoms with Crippen LogP contribution in [-0.2, 0) is 0 Å². The molecule has 3 N–H and O–H groups in total. The van der Waals surface area contributed by atoms with Gasteiger partial charge in [0.25, 0.3) is 0 Å². The molecule has 2 aromatic rings. The molecule has 0 saturated carbocycles. The minimum Gasteiger partial charge on any atom is -0.508 e. The van der Waals surface area contributed by atoms with Gasteiger partial charge in [-0.25, -0.2) is 4.98 Å². The molecule has 1 aliphatic heterocycles. The molecule has 1 atom stereocenters. The Morgan fingerprint density at radius 2 is 2.04 bits per heavy atom. The third-order valence-corrected chi connectivity index (χ3v) is 4.48. The zero-order valence-electron chi connectivity index (χ0n) is 14.2. The summed E-state index contributed by atoms with van der Waals surface area (Å²) in [5, 5.41) is 9.96. The molecule has 0 aliphatic carbocycles. The largest absolute Gasteiger partial charge is 0.508 e. The number of nitrogens with two attached hydrogens (primary N) is 1. The summed E-state index contributed by atoms with van der Waals surface area (Å²) in [6, 6.07) is 7.30. The van der Waals surface area contributed by atoms with Crippen LogP contribution in [0.5, 0.6) is 11.5 Å². The predicted molar refractivity (Wildman–Crippen MR) is 94.4 cm³/mol. The van der Waals surface area contributed by atoms with Gasteiger partial charge in [0.15, 0.2) is 0 Å². The van der Waals surface area contributed by atoms with Gasteiger partial charge in [-0.3, -0.25) is 0 Å². The van der Waals surface area contributed by atoms with Crippen LogP contribution in [-0.4, -0.2) is 28.7 Å². The van der Waals surface area contributed by atoms with Crippen molar-refractivity contribution < 1.29 is 9.84 Å². The summed E-state index contributed by atoms with van der Waals surface area (Å²) in [5.41, 5.74) is 7.69. The average molecular weight is 328 g/mol. The number of ether oxygens (including phenoxy) is 1. The maximum Gasteiger partial charge on any atom is 0.222 e. The number of benzene rings is 1. The number of anilines is 2. The van der Waals surface area contributed by atoms with Gasteiger partial charge in [0.05, 0.1) is 13.2 Å². The van der Waals surface area contributed by atoms with E-state index < -0.39 is 0 Å². The maximum atomic E-state index is 9.96. The summed E-state index contributed by atoms with van der Waals surface area (Å²) in [6.07, 6.45) is 4.37. The van der Waals surface area contributed by atoms with E-state index in [1.54, 1.807) is 19.2 Å². The number of hydrogen-bond acceptors (Lipinski definition) is 6. The number of rotatable bonds is 3. The zero-order valence-corrected chi connectivity index (χ0v) is 14.2. The fraction of sp³-hybridized carbons (Fsp3) is 0.444. The third kappa shape index (κ3) is 3.37. The molecule has 3 rings (SSSR count). The molecular weight excluding hydrogens is 304 g/mol. The molecule has 6 nitrogen and oxygen atoms in total. The van der Waals surface area contributed by atoms with Gasteiger partial charge in [-0.15, -0.1) is 0 Å². The highest BCUT2D eigenvalue weighted by atomic mass is 16.5. The quantitative estimate of drug-likeness (QED) is 0.900. The molecule has 0 spiro atoms. The van der Waals surface area contributed by atoms with E-state index in [2.05, 4.69) is 14.9 Å². The number of hydrogen-bond donors (Lipinski definition) is 2. The van der Waals surface area contributed by atoms with E-state index in [1.807, 2.05) is 19.1 Å². The van der Waals surface area contributed by atoms with Crippen molar-refractivity contribution in [2.24, 2.45) is 0 Å². The van der Waals surface area contributed by atoms with Crippen molar-refractivity contribution in [2.45, 2.75) is 38.6 Å². The van der Waals surface area contributed by atoms with E-state index >= 15 is 0 Å². The molecular formula is C18H24N4O2. The second-order valence-electron chi connectivity index (χ2n) is 6.21. The number of aromatic nitrogens is 2. The molecule has 1 aliphatic rings. The lowest BCUT2D eigenvalue weighted by molar-refractivity contribution is 0.399. The van der Waals surface area contributed by atoms with Crippen LogP contribution in [0.15, 0.2) is 24.3 Å². The molecule has 1 saturated heterocycles. The van der Waals surface area contributed by atoms with Gasteiger partial charge < -0.3 is 20.5 Å². The van der Waals surface area contributed by atoms with Crippen LogP contribution in [0.1, 0.15) is 43.0 Å². The second kappa shape index (κ2) is 6.95. The van der Waals surface area contributed by atoms with Gasteiger partial charge >= 0.3 is 0 Å². The number of aromatic hydroxyl groups is 1. The van der Waals surface area contributed by atoms with Crippen molar-refractivity contribution in [1.29, 1.82) is 0 Å². The Labute approximate surface area is 142 Å². The molecule has 0 bridgehead atoms. The van der Waals surface area contributed by atoms with Crippen LogP contribution in [0.3, 0.4) is 0 Å². The first-order chi connectivity index (χ1) is 11.6. The molecule has 1 aromatic carbocycles. The summed E-state index contributed by atoms with van der Waals surface area (Å²) in [5.74, 6) is 2.14. The van der Waals surface area contributed by atoms with E-state index in [-0.39, 0.29) is 17.7 Å². The SMILES string of the molecule is COc1ccc(O)cc1[C@@H]1CCCCCN1c1cc(C)nc(N)n1. The summed E-state index contributed by atoms with van der Waals surface area (Å²) in [6.45, 7) is 2.81. The lowest BCUT2D eigenvalue weighted by atomic mass is 9.99. The van der Waals surface area contributed by atoms with Crippen LogP contribution in [0.2, 0.25) is 0 Å². The molecule has 128 valence electrons. The highest BCUT2D eigenvalue weighted by molar-refractivity contribution is 5.50. The normalized spacial score (nSPS) is 18.2. The van der Waals surface area contributed by atoms with Crippen LogP contribution < -0.4 is 15.4 Å². The molecule has 2 heterocycles. The average Bonchev–Trinajstić information content (AvgIpc) is 2.79. The summed E-state index contributed by atoms with van der Waals surface area (Å²) < 4.78 is 5.53. The van der Waals surface area contributed by atoms with E-state index in [4.69, 9.17) is 10.5 Å². The summed E-state index contributed by atoms with van der Waals surface area (Å²) in [4.78, 5) is 10.9. The standard InChI is InChI=1S/C18H24N4O2/c1-12-10-17(21-18(19)20-12)22-9-5-3-4-6-15(22)14-11-13(23)7-8-16(14)24-2/h7-8,10-11,15,23H,3-6,9H2,1-2H3,(H2,19,20,21)/t15-/m0/s1. The monoisotopic (exact) mass is 328 g/mol. The van der Waals surface area contributed by atoms with Crippen LogP contribution in [0.4, 0.5) is 11.8 Å². The lowest BCUT2D eigenvalue weighted by Crippen LogP contribution is -2.30. The van der Waals surface area contributed by atoms with Crippen molar-refractivity contribution >= 4 is 11.8 Å². The summed E-state index contributed by atoms with van der Waals surface area (Å²) >= 11 is 0. The van der Waals surface area contributed by atoms with E-state index in [1.165, 1.54) is 6.42 Å². The lowest BCUT2D eigenvalue weighted by Gasteiger charge is -2.32. The topological polar surface area (TPSA) is 84.5 Å². The Kier molecular flexibility index (Phi) is 4.74. The zero-order chi connectivity index (χ0) is 17.1. The number of methoxy groups -OCH3 is 1. The minimum absolute atomic E-state index is 0.0863. The van der Waals surface area contributed by atoms with E-state index in [0.29, 0.717) is 0 Å². The Hall–Kier alpha value is -2.50. The van der Waals surface area contributed by atoms with Crippen LogP contribution in [0.25, 0.3) is 0 Å². The van der Waals surface area contributed by atoms with Crippen molar-refractivity contribution in [3.05, 3.63) is 35.5 Å². The first kappa shape index (κ1) is 16.4. The Bertz CT molecular complexity index is 700. The molecule has 6 heteroatoms. The third-order valence-electron chi connectivity index (χ3n) is 4.48. The molecule has 0 unspecified atom stereocenters. The van der Waals surface area contributed by atoms with Gasteiger partial charge in [-0.05, 0) is 38.0 Å². The predicted octanol–water partition coefficient (Wildman–Crippen LogP) is 3.20. The molecule has 24 heavy (non-hydrogen) atoms. The van der Waals surface area contributed by atoms with Gasteiger partial charge in [-0.1, -0.05) is 12.8 Å². The first-order valence-electron chi connectivity index (χ1n) is 8.33. The van der Waals surface area contributed by atoms with Crippen molar-refractivity contribution in [3.63, 3.8) is 0 Å². The highest BCUT2D eigenvalue weighted by Crippen LogP contribution is 2.39. The minimum atomic E-state index is 0.0863. The second-order valence-corrected chi connectivity index (χ2v) is 6.21. The number of phenols is 1. The molecule has 0 radical (unpaired) electrons. The van der Waals surface area contributed by atoms with Crippen LogP contribution in [0, 0.1) is 6.92 Å². The number of phenolic OH excluding ortho intramolecular Hbond substituents is 1. The number of nitrogen functional groups attached to an aromatic ring is 1. The van der Waals surface area contributed by atoms with E-state index in [9.17, 15) is 5.11 Å². The number of aryl methyl sites for hydroxylation is 1. The fourth-order valence-corrected chi connectivity index (χ4v) is 3.41. The fourth-order valence-electron chi connectivity index (χ4n) is 3.41. The molecule has 0 amide bonds. The van der Waals surface area contributed by atoms with Crippen molar-refractivity contribution in [2.75, 3.05) is 24.3 Å². The number of nitrogens with zero attached hydrogens (tertiary/aromatic N) is 3. The van der Waals surface area contributed by atoms with Crippen molar-refractivity contribution in [3.8, 4) is 11.5 Å². The molecule has 1 fully saturated rings. The van der Waals surface area contributed by atoms with Crippen LogP contribution >= 0.6 is 0 Å². The summed E-state index contributed by atoms with van der Waals surface area (Å²) in [7, 11) is 1.66.